The fourth-order valence-electron chi connectivity index (χ4n) is 4.51. The fourth-order valence-corrected chi connectivity index (χ4v) is 4.67. The van der Waals surface area contributed by atoms with E-state index >= 15 is 0 Å². The summed E-state index contributed by atoms with van der Waals surface area (Å²) in [4.78, 5) is 12.6. The smallest absolute Gasteiger partial charge is 0.194 e. The predicted molar refractivity (Wildman–Crippen MR) is 134 cm³/mol. The van der Waals surface area contributed by atoms with Gasteiger partial charge in [-0.3, -0.25) is 4.99 Å². The van der Waals surface area contributed by atoms with Crippen molar-refractivity contribution in [2.24, 2.45) is 10.9 Å². The van der Waals surface area contributed by atoms with Crippen LogP contribution in [0.4, 0.5) is 5.69 Å². The van der Waals surface area contributed by atoms with Crippen molar-refractivity contribution in [1.29, 1.82) is 0 Å². The van der Waals surface area contributed by atoms with Crippen molar-refractivity contribution < 1.29 is 0 Å². The summed E-state index contributed by atoms with van der Waals surface area (Å²) in [5.41, 5.74) is 2.56. The van der Waals surface area contributed by atoms with Crippen LogP contribution in [0.25, 0.3) is 0 Å². The molecule has 1 atom stereocenters. The molecule has 1 aliphatic carbocycles. The zero-order chi connectivity index (χ0) is 19.5. The SMILES string of the molecule is CCNC(=NCC1CCN(C2CC2)C1)N1CCN(c2cc(Cl)ccc2C)CC1.I. The van der Waals surface area contributed by atoms with Crippen LogP contribution < -0.4 is 10.2 Å². The second-order valence-electron chi connectivity index (χ2n) is 8.48. The van der Waals surface area contributed by atoms with Crippen molar-refractivity contribution in [2.75, 3.05) is 57.3 Å². The Kier molecular flexibility index (Phi) is 8.33. The number of nitrogens with one attached hydrogen (secondary N) is 1. The number of aliphatic imine (C=N–C) groups is 1. The van der Waals surface area contributed by atoms with E-state index in [9.17, 15) is 0 Å². The van der Waals surface area contributed by atoms with Gasteiger partial charge in [0.1, 0.15) is 0 Å². The van der Waals surface area contributed by atoms with Gasteiger partial charge < -0.3 is 20.0 Å². The highest BCUT2D eigenvalue weighted by Gasteiger charge is 2.34. The average molecular weight is 532 g/mol. The third-order valence-corrected chi connectivity index (χ3v) is 6.54. The van der Waals surface area contributed by atoms with Crippen molar-refractivity contribution in [3.63, 3.8) is 0 Å². The van der Waals surface area contributed by atoms with E-state index in [1.807, 2.05) is 6.07 Å². The van der Waals surface area contributed by atoms with Crippen LogP contribution in [-0.4, -0.2) is 74.2 Å². The van der Waals surface area contributed by atoms with Gasteiger partial charge in [0.05, 0.1) is 0 Å². The Labute approximate surface area is 197 Å². The Balaban J connectivity index is 0.00000240. The molecule has 29 heavy (non-hydrogen) atoms. The van der Waals surface area contributed by atoms with Gasteiger partial charge >= 0.3 is 0 Å². The largest absolute Gasteiger partial charge is 0.368 e. The first kappa shape index (κ1) is 22.9. The zero-order valence-corrected chi connectivity index (χ0v) is 20.8. The van der Waals surface area contributed by atoms with E-state index in [1.165, 1.54) is 43.6 Å². The molecule has 0 amide bonds. The van der Waals surface area contributed by atoms with Crippen LogP contribution in [0.5, 0.6) is 0 Å². The van der Waals surface area contributed by atoms with Crippen molar-refractivity contribution in [3.05, 3.63) is 28.8 Å². The van der Waals surface area contributed by atoms with E-state index in [4.69, 9.17) is 16.6 Å². The summed E-state index contributed by atoms with van der Waals surface area (Å²) in [5.74, 6) is 1.82. The van der Waals surface area contributed by atoms with E-state index in [-0.39, 0.29) is 24.0 Å². The molecule has 3 aliphatic rings. The van der Waals surface area contributed by atoms with Crippen LogP contribution in [0, 0.1) is 12.8 Å². The highest BCUT2D eigenvalue weighted by molar-refractivity contribution is 14.0. The molecule has 0 radical (unpaired) electrons. The van der Waals surface area contributed by atoms with Crippen molar-refractivity contribution in [2.45, 2.75) is 39.2 Å². The molecular weight excluding hydrogens is 497 g/mol. The maximum atomic E-state index is 6.22. The number of anilines is 1. The van der Waals surface area contributed by atoms with Gasteiger partial charge in [-0.05, 0) is 63.3 Å². The molecule has 2 saturated heterocycles. The van der Waals surface area contributed by atoms with Gasteiger partial charge in [-0.1, -0.05) is 17.7 Å². The third kappa shape index (κ3) is 5.91. The van der Waals surface area contributed by atoms with Gasteiger partial charge in [-0.2, -0.15) is 0 Å². The van der Waals surface area contributed by atoms with Crippen LogP contribution in [0.1, 0.15) is 31.7 Å². The molecule has 7 heteroatoms. The first-order valence-corrected chi connectivity index (χ1v) is 11.3. The minimum atomic E-state index is 0. The van der Waals surface area contributed by atoms with Gasteiger partial charge in [-0.25, -0.2) is 0 Å². The molecule has 0 aromatic heterocycles. The Bertz CT molecular complexity index is 700. The highest BCUT2D eigenvalue weighted by atomic mass is 127. The molecule has 2 heterocycles. The van der Waals surface area contributed by atoms with Crippen molar-refractivity contribution >= 4 is 47.2 Å². The normalized spacial score (nSPS) is 23.3. The Morgan fingerprint density at radius 2 is 1.90 bits per heavy atom. The number of piperazine rings is 1. The first-order chi connectivity index (χ1) is 13.6. The lowest BCUT2D eigenvalue weighted by Crippen LogP contribution is -2.52. The number of hydrogen-bond donors (Lipinski definition) is 1. The van der Waals surface area contributed by atoms with Gasteiger partial charge in [0.25, 0.3) is 0 Å². The number of likely N-dealkylation sites (tertiary alicyclic amines) is 1. The molecule has 1 saturated carbocycles. The van der Waals surface area contributed by atoms with E-state index < -0.39 is 0 Å². The number of guanidine groups is 1. The summed E-state index contributed by atoms with van der Waals surface area (Å²) in [7, 11) is 0. The summed E-state index contributed by atoms with van der Waals surface area (Å²) in [6, 6.07) is 7.07. The molecule has 5 nitrogen and oxygen atoms in total. The maximum Gasteiger partial charge on any atom is 0.194 e. The minimum Gasteiger partial charge on any atom is -0.368 e. The molecule has 1 unspecified atom stereocenters. The fraction of sp³-hybridized carbons (Fsp3) is 0.682. The second kappa shape index (κ2) is 10.5. The topological polar surface area (TPSA) is 34.1 Å². The number of hydrogen-bond acceptors (Lipinski definition) is 3. The van der Waals surface area contributed by atoms with Gasteiger partial charge in [-0.15, -0.1) is 24.0 Å². The lowest BCUT2D eigenvalue weighted by molar-refractivity contribution is 0.315. The summed E-state index contributed by atoms with van der Waals surface area (Å²) in [5, 5.41) is 4.33. The van der Waals surface area contributed by atoms with Gasteiger partial charge in [0.15, 0.2) is 5.96 Å². The molecule has 1 aromatic carbocycles. The molecule has 162 valence electrons. The number of aryl methyl sites for hydroxylation is 1. The van der Waals surface area contributed by atoms with Crippen LogP contribution in [0.15, 0.2) is 23.2 Å². The Morgan fingerprint density at radius 3 is 2.59 bits per heavy atom. The number of rotatable bonds is 5. The molecular formula is C22H35ClIN5. The Morgan fingerprint density at radius 1 is 1.14 bits per heavy atom. The summed E-state index contributed by atoms with van der Waals surface area (Å²) in [6.07, 6.45) is 4.13. The lowest BCUT2D eigenvalue weighted by Gasteiger charge is -2.38. The van der Waals surface area contributed by atoms with Gasteiger partial charge in [0.2, 0.25) is 0 Å². The second-order valence-corrected chi connectivity index (χ2v) is 8.92. The van der Waals surface area contributed by atoms with E-state index in [2.05, 4.69) is 46.0 Å². The summed E-state index contributed by atoms with van der Waals surface area (Å²) < 4.78 is 0. The van der Waals surface area contributed by atoms with Crippen LogP contribution in [-0.2, 0) is 0 Å². The summed E-state index contributed by atoms with van der Waals surface area (Å²) in [6.45, 7) is 12.7. The highest BCUT2D eigenvalue weighted by Crippen LogP contribution is 2.31. The van der Waals surface area contributed by atoms with Crippen molar-refractivity contribution in [3.8, 4) is 0 Å². The minimum absolute atomic E-state index is 0. The maximum absolute atomic E-state index is 6.22. The van der Waals surface area contributed by atoms with E-state index in [0.29, 0.717) is 0 Å². The number of halogens is 2. The molecule has 0 spiro atoms. The monoisotopic (exact) mass is 531 g/mol. The first-order valence-electron chi connectivity index (χ1n) is 10.9. The molecule has 2 aliphatic heterocycles. The van der Waals surface area contributed by atoms with E-state index in [1.54, 1.807) is 0 Å². The average Bonchev–Trinajstić information content (AvgIpc) is 3.45. The lowest BCUT2D eigenvalue weighted by atomic mass is 10.1. The number of benzene rings is 1. The molecule has 1 aromatic rings. The van der Waals surface area contributed by atoms with Crippen LogP contribution in [0.3, 0.4) is 0 Å². The van der Waals surface area contributed by atoms with Crippen LogP contribution >= 0.6 is 35.6 Å². The third-order valence-electron chi connectivity index (χ3n) is 6.31. The van der Waals surface area contributed by atoms with Crippen molar-refractivity contribution in [1.82, 2.24) is 15.1 Å². The Hall–Kier alpha value is -0.730. The zero-order valence-electron chi connectivity index (χ0n) is 17.7. The number of nitrogens with zero attached hydrogens (tertiary/aromatic N) is 4. The molecule has 0 bridgehead atoms. The molecule has 4 rings (SSSR count). The standard InChI is InChI=1S/C22H34ClN5.HI/c1-3-24-22(25-15-18-8-9-28(16-18)20-6-7-20)27-12-10-26(11-13-27)21-14-19(23)5-4-17(21)2;/h4-5,14,18,20H,3,6-13,15-16H2,1-2H3,(H,24,25);1H. The van der Waals surface area contributed by atoms with Gasteiger partial charge in [0, 0.05) is 62.6 Å². The van der Waals surface area contributed by atoms with E-state index in [0.717, 1.165) is 62.2 Å². The molecule has 3 fully saturated rings. The molecule has 1 N–H and O–H groups in total. The van der Waals surface area contributed by atoms with Crippen LogP contribution in [0.2, 0.25) is 5.02 Å². The predicted octanol–water partition coefficient (Wildman–Crippen LogP) is 3.84. The summed E-state index contributed by atoms with van der Waals surface area (Å²) >= 11 is 6.22. The quantitative estimate of drug-likeness (QED) is 0.356.